The van der Waals surface area contributed by atoms with E-state index in [1.54, 1.807) is 4.98 Å². The van der Waals surface area contributed by atoms with E-state index in [1.165, 1.54) is 0 Å². The highest BCUT2D eigenvalue weighted by atomic mass is 19.4. The van der Waals surface area contributed by atoms with Crippen molar-refractivity contribution in [3.63, 3.8) is 0 Å². The number of alkyl halides is 3. The number of hydrogen-bond donors (Lipinski definition) is 2. The minimum Gasteiger partial charge on any atom is -0.432 e. The molecule has 0 aromatic carbocycles. The quantitative estimate of drug-likeness (QED) is 0.762. The highest BCUT2D eigenvalue weighted by molar-refractivity contribution is 5.95. The zero-order valence-electron chi connectivity index (χ0n) is 13.2. The molecule has 136 valence electrons. The molecule has 8 nitrogen and oxygen atoms in total. The van der Waals surface area contributed by atoms with E-state index in [1.807, 2.05) is 0 Å². The number of hydrogen-bond acceptors (Lipinski definition) is 6. The summed E-state index contributed by atoms with van der Waals surface area (Å²) in [6.07, 6.45) is 1.84. The number of nitrogens with one attached hydrogen (secondary N) is 2. The molecular weight excluding hydrogens is 355 g/mol. The van der Waals surface area contributed by atoms with Crippen LogP contribution in [0.15, 0.2) is 25.5 Å². The van der Waals surface area contributed by atoms with E-state index >= 15 is 0 Å². The van der Waals surface area contributed by atoms with Gasteiger partial charge in [-0.15, -0.1) is 12.3 Å². The molecule has 2 aromatic heterocycles. The predicted octanol–water partition coefficient (Wildman–Crippen LogP) is 2.23. The fourth-order valence-electron chi connectivity index (χ4n) is 2.31. The van der Waals surface area contributed by atoms with Gasteiger partial charge in [0.1, 0.15) is 5.39 Å². The molecule has 0 fully saturated rings. The molecule has 0 spiro atoms. The number of fused-ring (bicyclic) bond motifs is 1. The summed E-state index contributed by atoms with van der Waals surface area (Å²) in [6.45, 7) is 0.199. The van der Waals surface area contributed by atoms with Crippen molar-refractivity contribution >= 4 is 17.0 Å². The van der Waals surface area contributed by atoms with Gasteiger partial charge in [-0.2, -0.15) is 28.4 Å². The number of rotatable bonds is 6. The number of amides is 1. The molecule has 1 amide bonds. The lowest BCUT2D eigenvalue weighted by molar-refractivity contribution is -0.145. The highest BCUT2D eigenvalue weighted by Crippen LogP contribution is 2.36. The Kier molecular flexibility index (Phi) is 4.27. The summed E-state index contributed by atoms with van der Waals surface area (Å²) in [6, 6.07) is 1.04. The zero-order valence-corrected chi connectivity index (χ0v) is 13.2. The van der Waals surface area contributed by atoms with Crippen LogP contribution in [-0.4, -0.2) is 28.1 Å². The topological polar surface area (TPSA) is 113 Å². The van der Waals surface area contributed by atoms with Gasteiger partial charge < -0.3 is 14.7 Å². The van der Waals surface area contributed by atoms with Crippen molar-refractivity contribution in [1.29, 1.82) is 0 Å². The number of furan rings is 1. The molecule has 2 N–H and O–H groups in total. The molecule has 1 aliphatic rings. The number of carbonyl (C=O) groups is 1. The number of aromatic nitrogens is 2. The van der Waals surface area contributed by atoms with Crippen molar-refractivity contribution < 1.29 is 22.4 Å². The van der Waals surface area contributed by atoms with Gasteiger partial charge in [-0.3, -0.25) is 9.59 Å². The average molecular weight is 367 g/mol. The van der Waals surface area contributed by atoms with E-state index in [0.717, 1.165) is 6.07 Å². The minimum absolute atomic E-state index is 0.199. The normalized spacial score (nSPS) is 15.0. The summed E-state index contributed by atoms with van der Waals surface area (Å²) in [7, 11) is 0. The number of nitrogens with zero attached hydrogens (tertiary/aromatic N) is 3. The van der Waals surface area contributed by atoms with Gasteiger partial charge in [-0.25, -0.2) is 0 Å². The third-order valence-corrected chi connectivity index (χ3v) is 3.76. The van der Waals surface area contributed by atoms with Gasteiger partial charge in [-0.1, -0.05) is 0 Å². The first-order valence-electron chi connectivity index (χ1n) is 7.51. The standard InChI is InChI=1S/C15H12F3N5O3/c1-2-3-4-14(22-23-14)5-6-19-11(25)9-7-8-10(24)20-13(15(16,17)18)21-12(8)26-9/h1,7H,3-6H2,(H,19,25)(H,20,21,24). The van der Waals surface area contributed by atoms with E-state index in [2.05, 4.69) is 26.4 Å². The summed E-state index contributed by atoms with van der Waals surface area (Å²) in [5, 5.41) is 10.1. The maximum Gasteiger partial charge on any atom is 0.449 e. The molecule has 0 saturated heterocycles. The van der Waals surface area contributed by atoms with Gasteiger partial charge in [0.2, 0.25) is 11.5 Å². The summed E-state index contributed by atoms with van der Waals surface area (Å²) in [4.78, 5) is 28.6. The van der Waals surface area contributed by atoms with E-state index in [4.69, 9.17) is 10.8 Å². The second-order valence-electron chi connectivity index (χ2n) is 5.63. The van der Waals surface area contributed by atoms with Gasteiger partial charge in [0.05, 0.1) is 0 Å². The smallest absolute Gasteiger partial charge is 0.432 e. The molecule has 0 atom stereocenters. The van der Waals surface area contributed by atoms with Crippen LogP contribution in [0.25, 0.3) is 11.1 Å². The van der Waals surface area contributed by atoms with Crippen LogP contribution in [0.4, 0.5) is 13.2 Å². The Morgan fingerprint density at radius 2 is 2.12 bits per heavy atom. The summed E-state index contributed by atoms with van der Waals surface area (Å²) in [5.74, 6) is -0.0251. The largest absolute Gasteiger partial charge is 0.449 e. The van der Waals surface area contributed by atoms with Gasteiger partial charge >= 0.3 is 6.18 Å². The van der Waals surface area contributed by atoms with Crippen LogP contribution in [0.3, 0.4) is 0 Å². The maximum atomic E-state index is 12.7. The van der Waals surface area contributed by atoms with Crippen molar-refractivity contribution in [2.45, 2.75) is 31.1 Å². The molecule has 3 rings (SSSR count). The molecule has 2 aromatic rings. The fourth-order valence-corrected chi connectivity index (χ4v) is 2.31. The van der Waals surface area contributed by atoms with Gasteiger partial charge in [0, 0.05) is 31.9 Å². The van der Waals surface area contributed by atoms with E-state index in [0.29, 0.717) is 19.3 Å². The fraction of sp³-hybridized carbons (Fsp3) is 0.400. The SMILES string of the molecule is C#CCCC1(CCNC(=O)c2cc3c(=O)[nH]c(C(F)(F)F)nc3o2)N=N1. The molecule has 0 unspecified atom stereocenters. The predicted molar refractivity (Wildman–Crippen MR) is 82.2 cm³/mol. The van der Waals surface area contributed by atoms with Crippen LogP contribution in [0.5, 0.6) is 0 Å². The van der Waals surface area contributed by atoms with Crippen LogP contribution in [0.1, 0.15) is 35.6 Å². The number of aromatic amines is 1. The first kappa shape index (κ1) is 17.7. The number of halogens is 3. The van der Waals surface area contributed by atoms with Gasteiger partial charge in [0.25, 0.3) is 11.5 Å². The minimum atomic E-state index is -4.84. The lowest BCUT2D eigenvalue weighted by Crippen LogP contribution is -2.28. The Bertz CT molecular complexity index is 977. The summed E-state index contributed by atoms with van der Waals surface area (Å²) >= 11 is 0. The molecule has 0 aliphatic carbocycles. The number of carbonyl (C=O) groups excluding carboxylic acids is 1. The second-order valence-corrected chi connectivity index (χ2v) is 5.63. The molecule has 26 heavy (non-hydrogen) atoms. The lowest BCUT2D eigenvalue weighted by Gasteiger charge is -2.08. The van der Waals surface area contributed by atoms with Crippen molar-refractivity contribution in [2.75, 3.05) is 6.54 Å². The van der Waals surface area contributed by atoms with E-state index in [-0.39, 0.29) is 17.7 Å². The van der Waals surface area contributed by atoms with Gasteiger partial charge in [-0.05, 0) is 0 Å². The van der Waals surface area contributed by atoms with Crippen LogP contribution in [-0.2, 0) is 6.18 Å². The molecule has 1 aliphatic heterocycles. The zero-order chi connectivity index (χ0) is 18.9. The Balaban J connectivity index is 1.68. The number of H-pyrrole nitrogens is 1. The third kappa shape index (κ3) is 3.58. The molecule has 0 bridgehead atoms. The highest BCUT2D eigenvalue weighted by Gasteiger charge is 2.39. The van der Waals surface area contributed by atoms with Crippen LogP contribution < -0.4 is 10.9 Å². The van der Waals surface area contributed by atoms with Crippen LogP contribution in [0.2, 0.25) is 0 Å². The monoisotopic (exact) mass is 367 g/mol. The van der Waals surface area contributed by atoms with Crippen molar-refractivity contribution in [2.24, 2.45) is 10.2 Å². The third-order valence-electron chi connectivity index (χ3n) is 3.76. The van der Waals surface area contributed by atoms with Crippen molar-refractivity contribution in [3.05, 3.63) is 28.0 Å². The second kappa shape index (κ2) is 6.29. The summed E-state index contributed by atoms with van der Waals surface area (Å²) < 4.78 is 42.9. The maximum absolute atomic E-state index is 12.7. The van der Waals surface area contributed by atoms with E-state index in [9.17, 15) is 22.8 Å². The Hall–Kier alpha value is -3.16. The Labute approximate surface area is 143 Å². The van der Waals surface area contributed by atoms with Crippen molar-refractivity contribution in [1.82, 2.24) is 15.3 Å². The number of terminal acetylenes is 1. The van der Waals surface area contributed by atoms with Crippen LogP contribution >= 0.6 is 0 Å². The Morgan fingerprint density at radius 1 is 1.38 bits per heavy atom. The average Bonchev–Trinajstić information content (AvgIpc) is 3.19. The van der Waals surface area contributed by atoms with Crippen LogP contribution in [0, 0.1) is 12.3 Å². The Morgan fingerprint density at radius 3 is 2.73 bits per heavy atom. The molecular formula is C15H12F3N5O3. The van der Waals surface area contributed by atoms with Crippen molar-refractivity contribution in [3.8, 4) is 12.3 Å². The molecule has 3 heterocycles. The lowest BCUT2D eigenvalue weighted by atomic mass is 10.0. The first-order chi connectivity index (χ1) is 12.2. The first-order valence-corrected chi connectivity index (χ1v) is 7.51. The molecule has 0 saturated carbocycles. The molecule has 0 radical (unpaired) electrons. The summed E-state index contributed by atoms with van der Waals surface area (Å²) in [5.41, 5.74) is -2.19. The van der Waals surface area contributed by atoms with Gasteiger partial charge in [0.15, 0.2) is 11.4 Å². The van der Waals surface area contributed by atoms with E-state index < -0.39 is 34.8 Å². The molecule has 11 heteroatoms.